The minimum absolute atomic E-state index is 0.228. The largest absolute Gasteiger partial charge is 0.511 e. The second kappa shape index (κ2) is 14.8. The van der Waals surface area contributed by atoms with Gasteiger partial charge in [0.1, 0.15) is 60.3 Å². The molecule has 260 valence electrons. The molecular weight excluding hydrogens is 618 g/mol. The monoisotopic (exact) mass is 661 g/mol. The number of methoxy groups -OCH3 is 1. The summed E-state index contributed by atoms with van der Waals surface area (Å²) in [6, 6.07) is 0. The fraction of sp³-hybridized carbons (Fsp3) is 0.759. The molecule has 3 aliphatic rings. The van der Waals surface area contributed by atoms with Gasteiger partial charge in [0.2, 0.25) is 5.78 Å². The van der Waals surface area contributed by atoms with Crippen molar-refractivity contribution in [2.45, 2.75) is 114 Å². The number of nitrogens with one attached hydrogen (secondary N) is 1. The van der Waals surface area contributed by atoms with Crippen LogP contribution in [0.25, 0.3) is 0 Å². The smallest absolute Gasteiger partial charge is 0.341 e. The van der Waals surface area contributed by atoms with Crippen molar-refractivity contribution in [3.8, 4) is 0 Å². The summed E-state index contributed by atoms with van der Waals surface area (Å²) in [6.07, 6.45) is -15.4. The summed E-state index contributed by atoms with van der Waals surface area (Å²) in [5, 5.41) is 72.9. The van der Waals surface area contributed by atoms with Crippen molar-refractivity contribution in [2.24, 2.45) is 11.8 Å². The molecule has 2 aliphatic heterocycles. The summed E-state index contributed by atoms with van der Waals surface area (Å²) < 4.78 is 33.5. The summed E-state index contributed by atoms with van der Waals surface area (Å²) >= 11 is 0. The third-order valence-corrected chi connectivity index (χ3v) is 8.90. The number of aliphatic carboxylic acids is 1. The van der Waals surface area contributed by atoms with Crippen molar-refractivity contribution < 1.29 is 78.2 Å². The number of aliphatic hydroxyl groups excluding tert-OH is 4. The number of Topliss-reactive ketones (excluding diaryl/α,β-unsaturated/α-hetero) is 1. The lowest BCUT2D eigenvalue weighted by Crippen LogP contribution is -2.67. The fourth-order valence-electron chi connectivity index (χ4n) is 5.90. The predicted molar refractivity (Wildman–Crippen MR) is 151 cm³/mol. The van der Waals surface area contributed by atoms with E-state index in [-0.39, 0.29) is 6.42 Å². The van der Waals surface area contributed by atoms with Crippen LogP contribution in [0, 0.1) is 17.2 Å². The fourth-order valence-corrected chi connectivity index (χ4v) is 5.90. The molecule has 46 heavy (non-hydrogen) atoms. The molecule has 17 heteroatoms. The number of carbonyl (C=O) groups excluding carboxylic acids is 3. The molecule has 2 heterocycles. The number of esters is 2. The number of rotatable bonds is 11. The van der Waals surface area contributed by atoms with Crippen LogP contribution in [0.15, 0.2) is 11.3 Å². The van der Waals surface area contributed by atoms with E-state index >= 15 is 0 Å². The van der Waals surface area contributed by atoms with Crippen molar-refractivity contribution in [1.29, 1.82) is 5.41 Å². The SMILES string of the molecule is CC[C@H](C)C(=O)O[C@H](C)[C@]1(O)[C@@H](C)O[C@@H](O[C@H]2[C@@H](O)[C@H](COC(C)=O)O[C@H]([C@H]3C(O)=C(C(=O)O)C(=N)C(=O)[C@H]3O)[C@H]2O)C[C@H]1OC. The molecule has 2 saturated heterocycles. The molecule has 1 aliphatic carbocycles. The van der Waals surface area contributed by atoms with Crippen LogP contribution in [0.3, 0.4) is 0 Å². The topological polar surface area (TPSA) is 269 Å². The number of carboxylic acid groups (broad SMARTS) is 1. The molecule has 0 aromatic carbocycles. The highest BCUT2D eigenvalue weighted by molar-refractivity contribution is 6.52. The highest BCUT2D eigenvalue weighted by Gasteiger charge is 2.58. The molecule has 0 spiro atoms. The average molecular weight is 662 g/mol. The first-order valence-electron chi connectivity index (χ1n) is 14.8. The highest BCUT2D eigenvalue weighted by Crippen LogP contribution is 2.40. The van der Waals surface area contributed by atoms with E-state index < -0.39 is 126 Å². The number of ether oxygens (including phenoxy) is 6. The Hall–Kier alpha value is -3.03. The van der Waals surface area contributed by atoms with Gasteiger partial charge in [0.25, 0.3) is 0 Å². The first-order chi connectivity index (χ1) is 21.4. The van der Waals surface area contributed by atoms with Crippen molar-refractivity contribution in [2.75, 3.05) is 13.7 Å². The Balaban J connectivity index is 1.93. The number of aliphatic hydroxyl groups is 5. The Morgan fingerprint density at radius 1 is 1.13 bits per heavy atom. The lowest BCUT2D eigenvalue weighted by Gasteiger charge is -2.51. The van der Waals surface area contributed by atoms with Crippen LogP contribution < -0.4 is 0 Å². The molecule has 0 radical (unpaired) electrons. The van der Waals surface area contributed by atoms with Crippen molar-refractivity contribution in [3.63, 3.8) is 0 Å². The van der Waals surface area contributed by atoms with Gasteiger partial charge in [0.05, 0.1) is 30.1 Å². The van der Waals surface area contributed by atoms with Crippen LogP contribution in [-0.4, -0.2) is 141 Å². The molecule has 0 saturated carbocycles. The number of carbonyl (C=O) groups is 4. The Bertz CT molecular complexity index is 1220. The molecule has 17 nitrogen and oxygen atoms in total. The van der Waals surface area contributed by atoms with E-state index in [2.05, 4.69) is 0 Å². The lowest BCUT2D eigenvalue weighted by atomic mass is 9.76. The zero-order valence-corrected chi connectivity index (χ0v) is 26.3. The van der Waals surface area contributed by atoms with Gasteiger partial charge in [-0.25, -0.2) is 4.79 Å². The summed E-state index contributed by atoms with van der Waals surface area (Å²) in [5.41, 5.74) is -4.16. The van der Waals surface area contributed by atoms with Gasteiger partial charge in [-0.2, -0.15) is 0 Å². The number of carboxylic acids is 1. The maximum absolute atomic E-state index is 12.6. The second-order valence-electron chi connectivity index (χ2n) is 11.7. The number of ketones is 1. The lowest BCUT2D eigenvalue weighted by molar-refractivity contribution is -0.340. The third kappa shape index (κ3) is 7.11. The maximum Gasteiger partial charge on any atom is 0.341 e. The third-order valence-electron chi connectivity index (χ3n) is 8.90. The summed E-state index contributed by atoms with van der Waals surface area (Å²) in [4.78, 5) is 48.3. The first-order valence-corrected chi connectivity index (χ1v) is 14.8. The normalized spacial score (nSPS) is 38.2. The van der Waals surface area contributed by atoms with E-state index in [1.807, 2.05) is 0 Å². The molecule has 2 fully saturated rings. The Morgan fingerprint density at radius 3 is 2.30 bits per heavy atom. The standard InChI is InChI=1S/C29H43NO16/c1-7-10(2)28(39)44-12(4)29(40)11(3)43-16(8-15(29)41-6)46-26-20(32)14(9-42-13(5)31)45-25(24(26)36)18-21(33)17(27(37)38)19(30)23(35)22(18)34/h10-12,14-16,18,20,22,24-26,30,32-34,36,40H,7-9H2,1-6H3,(H,37,38)/t10-,11+,12+,14-,15+,16-,18-,20-,22-,24+,25+,26-,29+/m0/s1. The number of hydrogen-bond acceptors (Lipinski definition) is 16. The average Bonchev–Trinajstić information content (AvgIpc) is 2.99. The molecule has 0 amide bonds. The van der Waals surface area contributed by atoms with E-state index in [4.69, 9.17) is 33.8 Å². The summed E-state index contributed by atoms with van der Waals surface area (Å²) in [5.74, 6) is -8.04. The molecule has 0 bridgehead atoms. The van der Waals surface area contributed by atoms with Crippen LogP contribution in [0.5, 0.6) is 0 Å². The van der Waals surface area contributed by atoms with Gasteiger partial charge in [-0.3, -0.25) is 19.8 Å². The Labute approximate surface area is 264 Å². The Kier molecular flexibility index (Phi) is 12.1. The molecule has 0 unspecified atom stereocenters. The summed E-state index contributed by atoms with van der Waals surface area (Å²) in [7, 11) is 1.30. The van der Waals surface area contributed by atoms with E-state index in [1.54, 1.807) is 13.8 Å². The number of hydrogen-bond donors (Lipinski definition) is 7. The molecule has 0 aromatic heterocycles. The van der Waals surface area contributed by atoms with Gasteiger partial charge in [-0.15, -0.1) is 0 Å². The van der Waals surface area contributed by atoms with Crippen LogP contribution in [0.1, 0.15) is 47.5 Å². The molecule has 13 atom stereocenters. The van der Waals surface area contributed by atoms with E-state index in [0.29, 0.717) is 6.42 Å². The van der Waals surface area contributed by atoms with Crippen LogP contribution >= 0.6 is 0 Å². The van der Waals surface area contributed by atoms with Crippen LogP contribution in [0.4, 0.5) is 0 Å². The zero-order chi connectivity index (χ0) is 34.8. The van der Waals surface area contributed by atoms with E-state index in [1.165, 1.54) is 21.0 Å². The minimum Gasteiger partial charge on any atom is -0.511 e. The van der Waals surface area contributed by atoms with E-state index in [9.17, 15) is 49.8 Å². The predicted octanol–water partition coefficient (Wildman–Crippen LogP) is -1.24. The van der Waals surface area contributed by atoms with Gasteiger partial charge in [-0.05, 0) is 20.3 Å². The van der Waals surface area contributed by atoms with Gasteiger partial charge >= 0.3 is 17.9 Å². The maximum atomic E-state index is 12.6. The van der Waals surface area contributed by atoms with E-state index in [0.717, 1.165) is 6.92 Å². The van der Waals surface area contributed by atoms with Crippen molar-refractivity contribution in [3.05, 3.63) is 11.3 Å². The van der Waals surface area contributed by atoms with Crippen LogP contribution in [0.2, 0.25) is 0 Å². The molecule has 3 rings (SSSR count). The van der Waals surface area contributed by atoms with Gasteiger partial charge < -0.3 is 59.1 Å². The van der Waals surface area contributed by atoms with Crippen molar-refractivity contribution in [1.82, 2.24) is 0 Å². The van der Waals surface area contributed by atoms with Crippen molar-refractivity contribution >= 4 is 29.4 Å². The molecule has 7 N–H and O–H groups in total. The summed E-state index contributed by atoms with van der Waals surface area (Å²) in [6.45, 7) is 6.87. The first kappa shape index (κ1) is 37.4. The quantitative estimate of drug-likeness (QED) is 0.128. The van der Waals surface area contributed by atoms with Crippen LogP contribution in [-0.2, 0) is 47.6 Å². The second-order valence-corrected chi connectivity index (χ2v) is 11.7. The van der Waals surface area contributed by atoms with Gasteiger partial charge in [0.15, 0.2) is 11.9 Å². The van der Waals surface area contributed by atoms with Gasteiger partial charge in [-0.1, -0.05) is 13.8 Å². The molecule has 0 aromatic rings. The Morgan fingerprint density at radius 2 is 1.76 bits per heavy atom. The van der Waals surface area contributed by atoms with Gasteiger partial charge in [0, 0.05) is 20.5 Å². The zero-order valence-electron chi connectivity index (χ0n) is 26.3. The highest BCUT2D eigenvalue weighted by atomic mass is 16.7. The minimum atomic E-state index is -2.24. The molecular formula is C29H43NO16.